The van der Waals surface area contributed by atoms with Crippen LogP contribution in [0.15, 0.2) is 24.3 Å². The van der Waals surface area contributed by atoms with Gasteiger partial charge in [0.05, 0.1) is 12.2 Å². The van der Waals surface area contributed by atoms with Crippen LogP contribution in [0.4, 0.5) is 5.69 Å². The summed E-state index contributed by atoms with van der Waals surface area (Å²) in [5, 5.41) is 0. The molecule has 1 aromatic carbocycles. The van der Waals surface area contributed by atoms with Gasteiger partial charge in [0, 0.05) is 17.8 Å². The topological polar surface area (TPSA) is 29.5 Å². The first-order chi connectivity index (χ1) is 15.2. The van der Waals surface area contributed by atoms with Gasteiger partial charge in [-0.15, -0.1) is 0 Å². The van der Waals surface area contributed by atoms with Crippen molar-refractivity contribution in [3.63, 3.8) is 0 Å². The Morgan fingerprint density at radius 1 is 0.875 bits per heavy atom. The first kappa shape index (κ1) is 25.1. The van der Waals surface area contributed by atoms with Crippen molar-refractivity contribution in [2.45, 2.75) is 99.1 Å². The van der Waals surface area contributed by atoms with Crippen LogP contribution in [0.25, 0.3) is 0 Å². The quantitative estimate of drug-likeness (QED) is 0.408. The summed E-state index contributed by atoms with van der Waals surface area (Å²) < 4.78 is 5.23. The van der Waals surface area contributed by atoms with Crippen molar-refractivity contribution >= 4 is 11.7 Å². The highest BCUT2D eigenvalue weighted by atomic mass is 16.5. The average molecular weight is 442 g/mol. The zero-order valence-electron chi connectivity index (χ0n) is 21.6. The zero-order chi connectivity index (χ0) is 23.4. The molecule has 0 radical (unpaired) electrons. The fourth-order valence-electron chi connectivity index (χ4n) is 6.56. The molecule has 0 N–H and O–H groups in total. The van der Waals surface area contributed by atoms with Gasteiger partial charge in [0.15, 0.2) is 0 Å². The number of nitrogens with zero attached hydrogens (tertiary/aromatic N) is 1. The number of rotatable bonds is 7. The van der Waals surface area contributed by atoms with E-state index in [2.05, 4.69) is 58.6 Å². The summed E-state index contributed by atoms with van der Waals surface area (Å²) in [5.74, 6) is 4.15. The summed E-state index contributed by atoms with van der Waals surface area (Å²) in [4.78, 5) is 15.1. The minimum Gasteiger partial charge on any atom is -0.462 e. The Bertz CT molecular complexity index is 693. The van der Waals surface area contributed by atoms with Gasteiger partial charge >= 0.3 is 5.97 Å². The second-order valence-electron chi connectivity index (χ2n) is 11.5. The molecule has 3 nitrogen and oxygen atoms in total. The molecule has 1 aromatic rings. The molecule has 32 heavy (non-hydrogen) atoms. The predicted molar refractivity (Wildman–Crippen MR) is 135 cm³/mol. The summed E-state index contributed by atoms with van der Waals surface area (Å²) in [6.45, 7) is 16.8. The molecule has 6 unspecified atom stereocenters. The number of benzene rings is 1. The summed E-state index contributed by atoms with van der Waals surface area (Å²) in [5.41, 5.74) is 1.96. The van der Waals surface area contributed by atoms with Crippen molar-refractivity contribution in [3.05, 3.63) is 29.8 Å². The number of anilines is 1. The molecule has 0 saturated heterocycles. The van der Waals surface area contributed by atoms with Gasteiger partial charge in [-0.2, -0.15) is 0 Å². The maximum absolute atomic E-state index is 12.3. The third-order valence-corrected chi connectivity index (χ3v) is 8.37. The summed E-state index contributed by atoms with van der Waals surface area (Å²) in [6, 6.07) is 9.49. The van der Waals surface area contributed by atoms with E-state index in [1.54, 1.807) is 0 Å². The average Bonchev–Trinajstić information content (AvgIpc) is 2.74. The Balaban J connectivity index is 2.03. The van der Waals surface area contributed by atoms with E-state index in [4.69, 9.17) is 4.74 Å². The van der Waals surface area contributed by atoms with Crippen molar-refractivity contribution in [1.82, 2.24) is 0 Å². The van der Waals surface area contributed by atoms with Crippen LogP contribution in [0.3, 0.4) is 0 Å². The number of hydrogen-bond donors (Lipinski definition) is 0. The number of carbonyl (C=O) groups is 1. The molecule has 0 aromatic heterocycles. The number of hydrogen-bond acceptors (Lipinski definition) is 3. The van der Waals surface area contributed by atoms with Crippen molar-refractivity contribution in [2.24, 2.45) is 35.5 Å². The van der Waals surface area contributed by atoms with E-state index in [1.807, 2.05) is 19.1 Å². The van der Waals surface area contributed by atoms with Crippen molar-refractivity contribution in [1.29, 1.82) is 0 Å². The first-order valence-electron chi connectivity index (χ1n) is 13.3. The van der Waals surface area contributed by atoms with E-state index in [9.17, 15) is 4.79 Å². The van der Waals surface area contributed by atoms with E-state index in [1.165, 1.54) is 44.2 Å². The second kappa shape index (κ2) is 11.1. The Labute approximate surface area is 197 Å². The highest BCUT2D eigenvalue weighted by Crippen LogP contribution is 2.44. The summed E-state index contributed by atoms with van der Waals surface area (Å²) in [6.07, 6.45) is 7.91. The SMILES string of the molecule is CCOC(=O)c1ccc(N(C2CC(C)CCC2C(C)C)C2CC(C)CCC2C(C)C)cc1. The third-order valence-electron chi connectivity index (χ3n) is 8.37. The normalized spacial score (nSPS) is 31.0. The Morgan fingerprint density at radius 2 is 1.34 bits per heavy atom. The van der Waals surface area contributed by atoms with Crippen molar-refractivity contribution in [3.8, 4) is 0 Å². The largest absolute Gasteiger partial charge is 0.462 e. The van der Waals surface area contributed by atoms with Gasteiger partial charge in [0.25, 0.3) is 0 Å². The Hall–Kier alpha value is -1.51. The molecule has 0 aliphatic heterocycles. The molecule has 0 heterocycles. The minimum absolute atomic E-state index is 0.219. The highest BCUT2D eigenvalue weighted by molar-refractivity contribution is 5.89. The van der Waals surface area contributed by atoms with E-state index in [0.717, 1.165) is 23.7 Å². The molecule has 0 amide bonds. The van der Waals surface area contributed by atoms with Gasteiger partial charge in [0.2, 0.25) is 0 Å². The molecule has 180 valence electrons. The van der Waals surface area contributed by atoms with E-state index in [0.29, 0.717) is 36.1 Å². The molecule has 3 heteroatoms. The van der Waals surface area contributed by atoms with Crippen LogP contribution in [0.2, 0.25) is 0 Å². The molecular weight excluding hydrogens is 394 g/mol. The molecule has 2 aliphatic rings. The monoisotopic (exact) mass is 441 g/mol. The summed E-state index contributed by atoms with van der Waals surface area (Å²) in [7, 11) is 0. The fourth-order valence-corrected chi connectivity index (χ4v) is 6.56. The van der Waals surface area contributed by atoms with E-state index >= 15 is 0 Å². The number of carbonyl (C=O) groups excluding carboxylic acids is 1. The molecule has 2 aliphatic carbocycles. The van der Waals surface area contributed by atoms with Gasteiger partial charge < -0.3 is 9.64 Å². The van der Waals surface area contributed by atoms with Crippen molar-refractivity contribution in [2.75, 3.05) is 11.5 Å². The van der Waals surface area contributed by atoms with Gasteiger partial charge in [-0.1, -0.05) is 54.4 Å². The maximum Gasteiger partial charge on any atom is 0.338 e. The number of ether oxygens (including phenoxy) is 1. The van der Waals surface area contributed by atoms with Gasteiger partial charge in [-0.25, -0.2) is 4.79 Å². The lowest BCUT2D eigenvalue weighted by Gasteiger charge is -2.53. The second-order valence-corrected chi connectivity index (χ2v) is 11.5. The number of esters is 1. The van der Waals surface area contributed by atoms with Gasteiger partial charge in [-0.3, -0.25) is 0 Å². The molecule has 0 bridgehead atoms. The first-order valence-corrected chi connectivity index (χ1v) is 13.3. The van der Waals surface area contributed by atoms with Crippen LogP contribution in [0.1, 0.15) is 97.3 Å². The van der Waals surface area contributed by atoms with E-state index in [-0.39, 0.29) is 5.97 Å². The van der Waals surface area contributed by atoms with Crippen LogP contribution in [0.5, 0.6) is 0 Å². The van der Waals surface area contributed by atoms with Gasteiger partial charge in [-0.05, 0) is 92.4 Å². The molecule has 2 fully saturated rings. The molecule has 2 saturated carbocycles. The lowest BCUT2D eigenvalue weighted by molar-refractivity contribution is 0.0526. The molecule has 6 atom stereocenters. The standard InChI is InChI=1S/C29H47NO2/c1-8-32-29(31)23-11-13-24(14-12-23)30(27-17-21(6)9-15-25(27)19(2)3)28-18-22(7)10-16-26(28)20(4)5/h11-14,19-22,25-28H,8-10,15-18H2,1-7H3. The molecule has 3 rings (SSSR count). The lowest BCUT2D eigenvalue weighted by Crippen LogP contribution is -2.55. The maximum atomic E-state index is 12.3. The molecule has 0 spiro atoms. The predicted octanol–water partition coefficient (Wildman–Crippen LogP) is 7.59. The fraction of sp³-hybridized carbons (Fsp3) is 0.759. The van der Waals surface area contributed by atoms with Crippen LogP contribution in [-0.4, -0.2) is 24.7 Å². The van der Waals surface area contributed by atoms with Crippen LogP contribution < -0.4 is 4.90 Å². The van der Waals surface area contributed by atoms with E-state index < -0.39 is 0 Å². The van der Waals surface area contributed by atoms with Crippen LogP contribution >= 0.6 is 0 Å². The van der Waals surface area contributed by atoms with Crippen molar-refractivity contribution < 1.29 is 9.53 Å². The van der Waals surface area contributed by atoms with Crippen LogP contribution in [0, 0.1) is 35.5 Å². The van der Waals surface area contributed by atoms with Crippen LogP contribution in [-0.2, 0) is 4.74 Å². The zero-order valence-corrected chi connectivity index (χ0v) is 21.6. The minimum atomic E-state index is -0.219. The lowest BCUT2D eigenvalue weighted by atomic mass is 9.69. The summed E-state index contributed by atoms with van der Waals surface area (Å²) >= 11 is 0. The molecular formula is C29H47NO2. The van der Waals surface area contributed by atoms with Gasteiger partial charge in [0.1, 0.15) is 0 Å². The Morgan fingerprint density at radius 3 is 1.75 bits per heavy atom. The Kier molecular flexibility index (Phi) is 8.69. The highest BCUT2D eigenvalue weighted by Gasteiger charge is 2.42. The smallest absolute Gasteiger partial charge is 0.338 e. The third kappa shape index (κ3) is 5.69.